The molecular formula is C16H33N3O2. The van der Waals surface area contributed by atoms with Gasteiger partial charge in [0, 0.05) is 18.0 Å². The first kappa shape index (κ1) is 19.7. The zero-order chi connectivity index (χ0) is 17.2. The molecule has 0 rings (SSSR count). The second kappa shape index (κ2) is 6.24. The summed E-state index contributed by atoms with van der Waals surface area (Å²) >= 11 is 0. The Labute approximate surface area is 129 Å². The van der Waals surface area contributed by atoms with E-state index < -0.39 is 11.1 Å². The number of rotatable bonds is 4. The maximum atomic E-state index is 12.4. The van der Waals surface area contributed by atoms with Crippen LogP contribution in [0.1, 0.15) is 62.3 Å². The molecular weight excluding hydrogens is 266 g/mol. The van der Waals surface area contributed by atoms with Crippen LogP contribution in [-0.4, -0.2) is 35.1 Å². The quantitative estimate of drug-likeness (QED) is 0.784. The zero-order valence-electron chi connectivity index (χ0n) is 15.3. The summed E-state index contributed by atoms with van der Waals surface area (Å²) in [6, 6.07) is -0.201. The van der Waals surface area contributed by atoms with Crippen LogP contribution in [0.2, 0.25) is 0 Å². The lowest BCUT2D eigenvalue weighted by molar-refractivity contribution is -0.131. The molecule has 0 aliphatic carbocycles. The normalized spacial score (nSPS) is 13.1. The van der Waals surface area contributed by atoms with E-state index in [2.05, 4.69) is 24.5 Å². The zero-order valence-corrected chi connectivity index (χ0v) is 15.3. The predicted molar refractivity (Wildman–Crippen MR) is 86.9 cm³/mol. The highest BCUT2D eigenvalue weighted by atomic mass is 16.2. The number of amides is 3. The highest BCUT2D eigenvalue weighted by Gasteiger charge is 2.35. The summed E-state index contributed by atoms with van der Waals surface area (Å²) in [5, 5.41) is 5.93. The minimum Gasteiger partial charge on any atom is -0.333 e. The Kier molecular flexibility index (Phi) is 5.87. The second-order valence-electron chi connectivity index (χ2n) is 8.13. The van der Waals surface area contributed by atoms with E-state index in [9.17, 15) is 9.59 Å². The Hall–Kier alpha value is -1.26. The Balaban J connectivity index is 4.94. The van der Waals surface area contributed by atoms with E-state index in [1.165, 1.54) is 4.90 Å². The summed E-state index contributed by atoms with van der Waals surface area (Å²) in [6.07, 6.45) is 0. The van der Waals surface area contributed by atoms with Crippen LogP contribution in [0.15, 0.2) is 0 Å². The molecule has 0 radical (unpaired) electrons. The van der Waals surface area contributed by atoms with Crippen molar-refractivity contribution in [2.24, 2.45) is 11.3 Å². The van der Waals surface area contributed by atoms with Crippen molar-refractivity contribution in [2.75, 3.05) is 7.05 Å². The van der Waals surface area contributed by atoms with Crippen LogP contribution in [0.5, 0.6) is 0 Å². The fourth-order valence-electron chi connectivity index (χ4n) is 1.31. The van der Waals surface area contributed by atoms with Gasteiger partial charge in [-0.2, -0.15) is 0 Å². The summed E-state index contributed by atoms with van der Waals surface area (Å²) < 4.78 is 0. The van der Waals surface area contributed by atoms with Gasteiger partial charge in [-0.3, -0.25) is 4.79 Å². The van der Waals surface area contributed by atoms with E-state index in [-0.39, 0.29) is 17.5 Å². The molecule has 0 spiro atoms. The van der Waals surface area contributed by atoms with E-state index in [0.29, 0.717) is 5.92 Å². The number of carbonyl (C=O) groups excluding carboxylic acids is 2. The lowest BCUT2D eigenvalue weighted by atomic mass is 9.91. The minimum atomic E-state index is -0.762. The van der Waals surface area contributed by atoms with E-state index in [1.807, 2.05) is 48.5 Å². The lowest BCUT2D eigenvalue weighted by Crippen LogP contribution is -2.63. The molecule has 0 unspecified atom stereocenters. The molecule has 124 valence electrons. The Morgan fingerprint density at radius 1 is 0.905 bits per heavy atom. The lowest BCUT2D eigenvalue weighted by Gasteiger charge is -2.40. The van der Waals surface area contributed by atoms with Gasteiger partial charge in [-0.25, -0.2) is 4.79 Å². The van der Waals surface area contributed by atoms with Crippen LogP contribution in [0.4, 0.5) is 4.79 Å². The predicted octanol–water partition coefficient (Wildman–Crippen LogP) is 2.96. The first-order valence-electron chi connectivity index (χ1n) is 7.50. The van der Waals surface area contributed by atoms with E-state index in [4.69, 9.17) is 0 Å². The third-order valence-corrected chi connectivity index (χ3v) is 4.12. The van der Waals surface area contributed by atoms with Gasteiger partial charge >= 0.3 is 6.03 Å². The maximum Gasteiger partial charge on any atom is 0.319 e. The summed E-state index contributed by atoms with van der Waals surface area (Å²) in [5.41, 5.74) is -1.57. The van der Waals surface area contributed by atoms with Gasteiger partial charge in [0.2, 0.25) is 5.91 Å². The summed E-state index contributed by atoms with van der Waals surface area (Å²) in [7, 11) is 1.69. The summed E-state index contributed by atoms with van der Waals surface area (Å²) in [5.74, 6) is 0.220. The molecule has 0 bridgehead atoms. The van der Waals surface area contributed by atoms with Crippen molar-refractivity contribution in [1.82, 2.24) is 15.5 Å². The van der Waals surface area contributed by atoms with Crippen molar-refractivity contribution in [3.63, 3.8) is 0 Å². The van der Waals surface area contributed by atoms with Crippen LogP contribution in [0.25, 0.3) is 0 Å². The average Bonchev–Trinajstić information content (AvgIpc) is 2.25. The molecule has 3 amide bonds. The van der Waals surface area contributed by atoms with Crippen molar-refractivity contribution in [1.29, 1.82) is 0 Å². The summed E-state index contributed by atoms with van der Waals surface area (Å²) in [6.45, 7) is 17.3. The maximum absolute atomic E-state index is 12.4. The molecule has 5 nitrogen and oxygen atoms in total. The number of carbonyl (C=O) groups is 2. The van der Waals surface area contributed by atoms with Gasteiger partial charge in [-0.15, -0.1) is 0 Å². The molecule has 0 aromatic heterocycles. The smallest absolute Gasteiger partial charge is 0.319 e. The Bertz CT molecular complexity index is 393. The van der Waals surface area contributed by atoms with Gasteiger partial charge in [0.1, 0.15) is 5.66 Å². The molecule has 21 heavy (non-hydrogen) atoms. The monoisotopic (exact) mass is 299 g/mol. The van der Waals surface area contributed by atoms with Gasteiger partial charge < -0.3 is 15.5 Å². The molecule has 0 fully saturated rings. The largest absolute Gasteiger partial charge is 0.333 e. The average molecular weight is 299 g/mol. The van der Waals surface area contributed by atoms with Crippen molar-refractivity contribution in [3.05, 3.63) is 0 Å². The standard InChI is InChI=1S/C16H33N3O2/c1-11(2)15(6,7)18-13(21)19(10)16(8,9)17-12(20)14(3,4)5/h11H,1-10H3,(H,17,20)(H,18,21). The van der Waals surface area contributed by atoms with Crippen molar-refractivity contribution >= 4 is 11.9 Å². The topological polar surface area (TPSA) is 61.4 Å². The number of nitrogens with zero attached hydrogens (tertiary/aromatic N) is 1. The van der Waals surface area contributed by atoms with E-state index in [1.54, 1.807) is 7.05 Å². The first-order chi connectivity index (χ1) is 9.11. The van der Waals surface area contributed by atoms with Crippen LogP contribution in [0.3, 0.4) is 0 Å². The molecule has 0 atom stereocenters. The van der Waals surface area contributed by atoms with Crippen molar-refractivity contribution in [2.45, 2.75) is 73.5 Å². The van der Waals surface area contributed by atoms with Crippen molar-refractivity contribution in [3.8, 4) is 0 Å². The summed E-state index contributed by atoms with van der Waals surface area (Å²) in [4.78, 5) is 26.1. The van der Waals surface area contributed by atoms with Crippen LogP contribution >= 0.6 is 0 Å². The number of hydrogen-bond donors (Lipinski definition) is 2. The number of nitrogens with one attached hydrogen (secondary N) is 2. The Morgan fingerprint density at radius 2 is 1.33 bits per heavy atom. The highest BCUT2D eigenvalue weighted by Crippen LogP contribution is 2.19. The molecule has 2 N–H and O–H groups in total. The minimum absolute atomic E-state index is 0.0877. The SMILES string of the molecule is CC(C)C(C)(C)NC(=O)N(C)C(C)(C)NC(=O)C(C)(C)C. The molecule has 0 aliphatic rings. The van der Waals surface area contributed by atoms with Crippen molar-refractivity contribution < 1.29 is 9.59 Å². The molecule has 0 aliphatic heterocycles. The third-order valence-electron chi connectivity index (χ3n) is 4.12. The third kappa shape index (κ3) is 5.56. The molecule has 0 heterocycles. The van der Waals surface area contributed by atoms with Crippen LogP contribution < -0.4 is 10.6 Å². The molecule has 0 aromatic rings. The number of hydrogen-bond acceptors (Lipinski definition) is 2. The number of urea groups is 1. The fourth-order valence-corrected chi connectivity index (χ4v) is 1.31. The molecule has 0 saturated heterocycles. The first-order valence-corrected chi connectivity index (χ1v) is 7.50. The highest BCUT2D eigenvalue weighted by molar-refractivity contribution is 5.83. The van der Waals surface area contributed by atoms with Crippen LogP contribution in [-0.2, 0) is 4.79 Å². The van der Waals surface area contributed by atoms with Gasteiger partial charge in [-0.1, -0.05) is 34.6 Å². The van der Waals surface area contributed by atoms with Crippen LogP contribution in [0, 0.1) is 11.3 Å². The molecule has 0 saturated carbocycles. The Morgan fingerprint density at radius 3 is 1.67 bits per heavy atom. The van der Waals surface area contributed by atoms with Gasteiger partial charge in [0.05, 0.1) is 0 Å². The van der Waals surface area contributed by atoms with E-state index >= 15 is 0 Å². The van der Waals surface area contributed by atoms with E-state index in [0.717, 1.165) is 0 Å². The van der Waals surface area contributed by atoms with Gasteiger partial charge in [0.25, 0.3) is 0 Å². The fraction of sp³-hybridized carbons (Fsp3) is 0.875. The van der Waals surface area contributed by atoms with Gasteiger partial charge in [0.15, 0.2) is 0 Å². The molecule has 5 heteroatoms. The van der Waals surface area contributed by atoms with Gasteiger partial charge in [-0.05, 0) is 33.6 Å². The molecule has 0 aromatic carbocycles. The second-order valence-corrected chi connectivity index (χ2v) is 8.13.